The fourth-order valence-electron chi connectivity index (χ4n) is 2.70. The zero-order valence-corrected chi connectivity index (χ0v) is 13.1. The van der Waals surface area contributed by atoms with Gasteiger partial charge in [0.2, 0.25) is 0 Å². The molecule has 0 bridgehead atoms. The van der Waals surface area contributed by atoms with Gasteiger partial charge in [0.25, 0.3) is 0 Å². The van der Waals surface area contributed by atoms with E-state index in [1.807, 2.05) is 17.8 Å². The molecule has 4 heteroatoms. The van der Waals surface area contributed by atoms with Crippen molar-refractivity contribution in [2.45, 2.75) is 32.2 Å². The van der Waals surface area contributed by atoms with Gasteiger partial charge in [-0.05, 0) is 60.9 Å². The minimum Gasteiger partial charge on any atom is -0.494 e. The van der Waals surface area contributed by atoms with Gasteiger partial charge in [-0.2, -0.15) is 11.8 Å². The highest BCUT2D eigenvalue weighted by Gasteiger charge is 2.25. The Balaban J connectivity index is 2.04. The third kappa shape index (κ3) is 4.13. The van der Waals surface area contributed by atoms with Crippen molar-refractivity contribution in [1.29, 1.82) is 0 Å². The second-order valence-electron chi connectivity index (χ2n) is 5.36. The fraction of sp³-hybridized carbons (Fsp3) is 0.625. The lowest BCUT2D eigenvalue weighted by molar-refractivity contribution is 0.375. The molecule has 1 heterocycles. The van der Waals surface area contributed by atoms with Crippen molar-refractivity contribution in [1.82, 2.24) is 5.32 Å². The van der Waals surface area contributed by atoms with E-state index in [4.69, 9.17) is 4.74 Å². The summed E-state index contributed by atoms with van der Waals surface area (Å²) in [5.74, 6) is 3.24. The molecule has 2 atom stereocenters. The number of rotatable bonds is 7. The first-order valence-electron chi connectivity index (χ1n) is 7.38. The van der Waals surface area contributed by atoms with Crippen LogP contribution in [0.5, 0.6) is 5.75 Å². The standard InChI is InChI=1S/C16H24FNOS/c1-3-7-18-15(13-6-8-20-11-13)10-12-4-5-16(19-2)14(17)9-12/h4-5,9,13,15,18H,3,6-8,10-11H2,1-2H3. The Morgan fingerprint density at radius 3 is 2.95 bits per heavy atom. The normalized spacial score (nSPS) is 20.1. The Hall–Kier alpha value is -0.740. The number of hydrogen-bond donors (Lipinski definition) is 1. The average molecular weight is 297 g/mol. The van der Waals surface area contributed by atoms with Gasteiger partial charge in [-0.3, -0.25) is 0 Å². The molecular formula is C16H24FNOS. The van der Waals surface area contributed by atoms with Gasteiger partial charge >= 0.3 is 0 Å². The van der Waals surface area contributed by atoms with Crippen molar-refractivity contribution in [2.24, 2.45) is 5.92 Å². The second kappa shape index (κ2) is 7.89. The molecule has 1 saturated heterocycles. The van der Waals surface area contributed by atoms with Crippen LogP contribution in [0.1, 0.15) is 25.3 Å². The van der Waals surface area contributed by atoms with Gasteiger partial charge in [0.1, 0.15) is 0 Å². The first-order chi connectivity index (χ1) is 9.74. The van der Waals surface area contributed by atoms with Crippen molar-refractivity contribution in [3.8, 4) is 5.75 Å². The molecule has 20 heavy (non-hydrogen) atoms. The first kappa shape index (κ1) is 15.6. The predicted molar refractivity (Wildman–Crippen MR) is 84.2 cm³/mol. The average Bonchev–Trinajstić information content (AvgIpc) is 2.97. The van der Waals surface area contributed by atoms with E-state index in [0.717, 1.165) is 24.9 Å². The molecule has 0 aromatic heterocycles. The van der Waals surface area contributed by atoms with Crippen LogP contribution in [0.3, 0.4) is 0 Å². The fourth-order valence-corrected chi connectivity index (χ4v) is 4.03. The SMILES string of the molecule is CCCNC(Cc1ccc(OC)c(F)c1)C1CCSC1. The van der Waals surface area contributed by atoms with Gasteiger partial charge in [-0.1, -0.05) is 13.0 Å². The van der Waals surface area contributed by atoms with Crippen LogP contribution in [0.25, 0.3) is 0 Å². The molecule has 0 aliphatic carbocycles. The number of halogens is 1. The molecule has 0 radical (unpaired) electrons. The lowest BCUT2D eigenvalue weighted by Gasteiger charge is -2.24. The second-order valence-corrected chi connectivity index (χ2v) is 6.51. The number of methoxy groups -OCH3 is 1. The minimum atomic E-state index is -0.264. The summed E-state index contributed by atoms with van der Waals surface area (Å²) in [5, 5.41) is 3.64. The quantitative estimate of drug-likeness (QED) is 0.832. The first-order valence-corrected chi connectivity index (χ1v) is 8.53. The maximum atomic E-state index is 13.8. The van der Waals surface area contributed by atoms with Crippen molar-refractivity contribution in [3.63, 3.8) is 0 Å². The molecule has 1 aromatic rings. The predicted octanol–water partition coefficient (Wildman–Crippen LogP) is 3.50. The molecule has 2 unspecified atom stereocenters. The smallest absolute Gasteiger partial charge is 0.165 e. The van der Waals surface area contributed by atoms with Crippen LogP contribution in [-0.2, 0) is 6.42 Å². The zero-order chi connectivity index (χ0) is 14.4. The lowest BCUT2D eigenvalue weighted by atomic mass is 9.92. The van der Waals surface area contributed by atoms with Crippen LogP contribution in [0.15, 0.2) is 18.2 Å². The summed E-state index contributed by atoms with van der Waals surface area (Å²) in [6.07, 6.45) is 3.30. The molecule has 0 spiro atoms. The molecule has 112 valence electrons. The highest BCUT2D eigenvalue weighted by molar-refractivity contribution is 7.99. The van der Waals surface area contributed by atoms with Gasteiger partial charge in [0, 0.05) is 6.04 Å². The van der Waals surface area contributed by atoms with Crippen molar-refractivity contribution in [3.05, 3.63) is 29.6 Å². The molecule has 1 aromatic carbocycles. The van der Waals surface area contributed by atoms with Crippen molar-refractivity contribution < 1.29 is 9.13 Å². The summed E-state index contributed by atoms with van der Waals surface area (Å²) in [4.78, 5) is 0. The van der Waals surface area contributed by atoms with Gasteiger partial charge in [0.15, 0.2) is 11.6 Å². The highest BCUT2D eigenvalue weighted by atomic mass is 32.2. The molecule has 0 saturated carbocycles. The number of nitrogens with one attached hydrogen (secondary N) is 1. The van der Waals surface area contributed by atoms with Gasteiger partial charge in [-0.25, -0.2) is 4.39 Å². The maximum absolute atomic E-state index is 13.8. The monoisotopic (exact) mass is 297 g/mol. The maximum Gasteiger partial charge on any atom is 0.165 e. The van der Waals surface area contributed by atoms with Crippen molar-refractivity contribution >= 4 is 11.8 Å². The number of ether oxygens (including phenoxy) is 1. The van der Waals surface area contributed by atoms with Crippen LogP contribution < -0.4 is 10.1 Å². The lowest BCUT2D eigenvalue weighted by Crippen LogP contribution is -2.38. The molecule has 1 N–H and O–H groups in total. The van der Waals surface area contributed by atoms with Crippen LogP contribution in [0.4, 0.5) is 4.39 Å². The van der Waals surface area contributed by atoms with Crippen LogP contribution >= 0.6 is 11.8 Å². The Bertz CT molecular complexity index is 421. The summed E-state index contributed by atoms with van der Waals surface area (Å²) in [7, 11) is 1.50. The molecular weight excluding hydrogens is 273 g/mol. The van der Waals surface area contributed by atoms with E-state index in [0.29, 0.717) is 17.7 Å². The van der Waals surface area contributed by atoms with E-state index in [-0.39, 0.29) is 5.82 Å². The van der Waals surface area contributed by atoms with E-state index in [2.05, 4.69) is 12.2 Å². The number of benzene rings is 1. The summed E-state index contributed by atoms with van der Waals surface area (Å²) in [6, 6.07) is 5.77. The van der Waals surface area contributed by atoms with Crippen LogP contribution in [0.2, 0.25) is 0 Å². The minimum absolute atomic E-state index is 0.264. The summed E-state index contributed by atoms with van der Waals surface area (Å²) < 4.78 is 18.8. The van der Waals surface area contributed by atoms with E-state index in [1.165, 1.54) is 25.0 Å². The Morgan fingerprint density at radius 2 is 2.35 bits per heavy atom. The summed E-state index contributed by atoms with van der Waals surface area (Å²) in [5.41, 5.74) is 1.05. The summed E-state index contributed by atoms with van der Waals surface area (Å²) in [6.45, 7) is 3.21. The van der Waals surface area contributed by atoms with E-state index < -0.39 is 0 Å². The van der Waals surface area contributed by atoms with E-state index in [1.54, 1.807) is 12.1 Å². The molecule has 1 aliphatic heterocycles. The van der Waals surface area contributed by atoms with Crippen LogP contribution in [-0.4, -0.2) is 31.2 Å². The zero-order valence-electron chi connectivity index (χ0n) is 12.3. The topological polar surface area (TPSA) is 21.3 Å². The van der Waals surface area contributed by atoms with Gasteiger partial charge < -0.3 is 10.1 Å². The third-order valence-corrected chi connectivity index (χ3v) is 5.05. The van der Waals surface area contributed by atoms with Crippen molar-refractivity contribution in [2.75, 3.05) is 25.2 Å². The van der Waals surface area contributed by atoms with Gasteiger partial charge in [-0.15, -0.1) is 0 Å². The largest absolute Gasteiger partial charge is 0.494 e. The van der Waals surface area contributed by atoms with Crippen LogP contribution in [0, 0.1) is 11.7 Å². The molecule has 2 nitrogen and oxygen atoms in total. The number of thioether (sulfide) groups is 1. The highest BCUT2D eigenvalue weighted by Crippen LogP contribution is 2.28. The number of hydrogen-bond acceptors (Lipinski definition) is 3. The van der Waals surface area contributed by atoms with E-state index in [9.17, 15) is 4.39 Å². The third-order valence-electron chi connectivity index (χ3n) is 3.86. The molecule has 0 amide bonds. The molecule has 1 fully saturated rings. The molecule has 1 aliphatic rings. The Labute approximate surface area is 125 Å². The summed E-state index contributed by atoms with van der Waals surface area (Å²) >= 11 is 2.03. The Morgan fingerprint density at radius 1 is 1.50 bits per heavy atom. The Kier molecular flexibility index (Phi) is 6.17. The molecule has 2 rings (SSSR count). The van der Waals surface area contributed by atoms with Gasteiger partial charge in [0.05, 0.1) is 7.11 Å². The van der Waals surface area contributed by atoms with E-state index >= 15 is 0 Å².